The first-order valence-electron chi connectivity index (χ1n) is 11.3. The molecule has 0 bridgehead atoms. The number of aryl methyl sites for hydroxylation is 1. The lowest BCUT2D eigenvalue weighted by atomic mass is 10.1. The molecule has 0 spiro atoms. The lowest BCUT2D eigenvalue weighted by Gasteiger charge is -2.23. The van der Waals surface area contributed by atoms with Gasteiger partial charge >= 0.3 is 6.03 Å². The fourth-order valence-corrected chi connectivity index (χ4v) is 4.67. The monoisotopic (exact) mass is 439 g/mol. The molecule has 2 N–H and O–H groups in total. The largest absolute Gasteiger partial charge is 0.352 e. The number of nitrogens with one attached hydrogen (secondary N) is 2. The van der Waals surface area contributed by atoms with Crippen molar-refractivity contribution >= 4 is 35.1 Å². The number of amides is 3. The van der Waals surface area contributed by atoms with E-state index in [2.05, 4.69) is 23.6 Å². The van der Waals surface area contributed by atoms with Gasteiger partial charge in [0.25, 0.3) is 5.91 Å². The van der Waals surface area contributed by atoms with Crippen LogP contribution >= 0.6 is 11.8 Å². The average Bonchev–Trinajstić information content (AvgIpc) is 3.01. The molecule has 0 aromatic heterocycles. The number of nitrogens with zero attached hydrogens (tertiary/aromatic N) is 1. The van der Waals surface area contributed by atoms with Crippen LogP contribution in [-0.2, 0) is 6.42 Å². The minimum absolute atomic E-state index is 0.0714. The number of carbonyl (C=O) groups excluding carboxylic acids is 2. The van der Waals surface area contributed by atoms with Crippen LogP contribution in [0.2, 0.25) is 0 Å². The van der Waals surface area contributed by atoms with Crippen molar-refractivity contribution in [1.82, 2.24) is 5.32 Å². The normalized spacial score (nSPS) is 13.3. The number of anilines is 2. The number of urea groups is 1. The van der Waals surface area contributed by atoms with E-state index in [0.29, 0.717) is 24.3 Å². The molecule has 0 aliphatic carbocycles. The van der Waals surface area contributed by atoms with Gasteiger partial charge in [-0.05, 0) is 79.5 Å². The molecule has 5 nitrogen and oxygen atoms in total. The Hall–Kier alpha value is -2.47. The molecule has 0 radical (unpaired) electrons. The summed E-state index contributed by atoms with van der Waals surface area (Å²) in [5, 5.41) is 5.95. The molecule has 31 heavy (non-hydrogen) atoms. The number of unbranched alkanes of at least 4 members (excludes halogenated alkanes) is 1. The minimum Gasteiger partial charge on any atom is -0.352 e. The predicted octanol–water partition coefficient (Wildman–Crippen LogP) is 5.71. The average molecular weight is 440 g/mol. The van der Waals surface area contributed by atoms with Gasteiger partial charge in [0, 0.05) is 30.0 Å². The molecule has 1 heterocycles. The summed E-state index contributed by atoms with van der Waals surface area (Å²) >= 11 is 1.95. The van der Waals surface area contributed by atoms with Gasteiger partial charge in [0.05, 0.1) is 0 Å². The topological polar surface area (TPSA) is 61.4 Å². The Morgan fingerprint density at radius 3 is 2.58 bits per heavy atom. The van der Waals surface area contributed by atoms with Crippen molar-refractivity contribution in [3.63, 3.8) is 0 Å². The highest BCUT2D eigenvalue weighted by atomic mass is 32.2. The van der Waals surface area contributed by atoms with E-state index >= 15 is 0 Å². The van der Waals surface area contributed by atoms with Crippen molar-refractivity contribution in [2.75, 3.05) is 34.8 Å². The predicted molar refractivity (Wildman–Crippen MR) is 131 cm³/mol. The summed E-state index contributed by atoms with van der Waals surface area (Å²) in [6.45, 7) is 3.59. The highest BCUT2D eigenvalue weighted by Gasteiger charge is 2.21. The summed E-state index contributed by atoms with van der Waals surface area (Å²) in [5.41, 5.74) is 3.50. The zero-order valence-corrected chi connectivity index (χ0v) is 19.2. The van der Waals surface area contributed by atoms with E-state index in [1.165, 1.54) is 24.2 Å². The van der Waals surface area contributed by atoms with Gasteiger partial charge in [0.1, 0.15) is 0 Å². The number of carbonyl (C=O) groups is 2. The van der Waals surface area contributed by atoms with Crippen molar-refractivity contribution < 1.29 is 9.59 Å². The second kappa shape index (κ2) is 12.4. The summed E-state index contributed by atoms with van der Waals surface area (Å²) in [7, 11) is 0. The van der Waals surface area contributed by atoms with Crippen LogP contribution < -0.4 is 15.5 Å². The quantitative estimate of drug-likeness (QED) is 0.492. The van der Waals surface area contributed by atoms with Crippen LogP contribution in [0.25, 0.3) is 0 Å². The zero-order chi connectivity index (χ0) is 21.9. The van der Waals surface area contributed by atoms with Gasteiger partial charge in [0.15, 0.2) is 0 Å². The molecule has 0 unspecified atom stereocenters. The van der Waals surface area contributed by atoms with Gasteiger partial charge in [-0.1, -0.05) is 31.5 Å². The van der Waals surface area contributed by atoms with Crippen molar-refractivity contribution in [2.45, 2.75) is 45.4 Å². The van der Waals surface area contributed by atoms with Gasteiger partial charge in [-0.15, -0.1) is 0 Å². The standard InChI is InChI=1S/C25H33N3O2S/c1-2-3-18-31-19-8-16-26-24(29)21-12-14-22(15-13-21)27-25(30)28-17-7-6-10-20-9-4-5-11-23(20)28/h4-5,9,11-15H,2-3,6-8,10,16-19H2,1H3,(H,26,29)(H,27,30). The van der Waals surface area contributed by atoms with Crippen LogP contribution in [0.3, 0.4) is 0 Å². The number of fused-ring (bicyclic) bond motifs is 1. The lowest BCUT2D eigenvalue weighted by Crippen LogP contribution is -2.35. The van der Waals surface area contributed by atoms with E-state index in [-0.39, 0.29) is 11.9 Å². The maximum Gasteiger partial charge on any atom is 0.326 e. The Balaban J connectivity index is 1.49. The maximum atomic E-state index is 12.9. The van der Waals surface area contributed by atoms with Crippen molar-refractivity contribution in [3.8, 4) is 0 Å². The van der Waals surface area contributed by atoms with E-state index in [1.54, 1.807) is 24.3 Å². The summed E-state index contributed by atoms with van der Waals surface area (Å²) < 4.78 is 0. The molecular formula is C25H33N3O2S. The first-order valence-corrected chi connectivity index (χ1v) is 12.5. The summed E-state index contributed by atoms with van der Waals surface area (Å²) in [6, 6.07) is 15.1. The van der Waals surface area contributed by atoms with Gasteiger partial charge in [-0.25, -0.2) is 4.79 Å². The molecule has 0 saturated carbocycles. The third-order valence-electron chi connectivity index (χ3n) is 5.40. The summed E-state index contributed by atoms with van der Waals surface area (Å²) in [6.07, 6.45) is 6.53. The van der Waals surface area contributed by atoms with E-state index in [1.807, 2.05) is 34.9 Å². The third-order valence-corrected chi connectivity index (χ3v) is 6.55. The fraction of sp³-hybridized carbons (Fsp3) is 0.440. The van der Waals surface area contributed by atoms with Crippen molar-refractivity contribution in [3.05, 3.63) is 59.7 Å². The van der Waals surface area contributed by atoms with Crippen LogP contribution in [0.15, 0.2) is 48.5 Å². The molecule has 1 aliphatic rings. The highest BCUT2D eigenvalue weighted by Crippen LogP contribution is 2.26. The lowest BCUT2D eigenvalue weighted by molar-refractivity contribution is 0.0954. The SMILES string of the molecule is CCCCSCCCNC(=O)c1ccc(NC(=O)N2CCCCc3ccccc32)cc1. The molecule has 6 heteroatoms. The minimum atomic E-state index is -0.132. The Bertz CT molecular complexity index is 854. The molecule has 1 aliphatic heterocycles. The van der Waals surface area contributed by atoms with Gasteiger partial charge in [-0.2, -0.15) is 11.8 Å². The number of hydrogen-bond acceptors (Lipinski definition) is 3. The smallest absolute Gasteiger partial charge is 0.326 e. The van der Waals surface area contributed by atoms with Gasteiger partial charge in [-0.3, -0.25) is 9.69 Å². The van der Waals surface area contributed by atoms with E-state index in [9.17, 15) is 9.59 Å². The Morgan fingerprint density at radius 2 is 1.77 bits per heavy atom. The Labute approximate surface area is 190 Å². The molecule has 0 atom stereocenters. The molecule has 2 aromatic carbocycles. The third kappa shape index (κ3) is 7.03. The van der Waals surface area contributed by atoms with Crippen LogP contribution in [0, 0.1) is 0 Å². The Morgan fingerprint density at radius 1 is 1.00 bits per heavy atom. The number of rotatable bonds is 9. The first-order chi connectivity index (χ1) is 15.2. The van der Waals surface area contributed by atoms with E-state index < -0.39 is 0 Å². The molecular weight excluding hydrogens is 406 g/mol. The first kappa shape index (κ1) is 23.2. The van der Waals surface area contributed by atoms with Crippen LogP contribution in [-0.4, -0.2) is 36.5 Å². The number of hydrogen-bond donors (Lipinski definition) is 2. The molecule has 0 fully saturated rings. The van der Waals surface area contributed by atoms with Crippen LogP contribution in [0.5, 0.6) is 0 Å². The number of benzene rings is 2. The summed E-state index contributed by atoms with van der Waals surface area (Å²) in [5.74, 6) is 2.20. The van der Waals surface area contributed by atoms with Gasteiger partial charge in [0.2, 0.25) is 0 Å². The van der Waals surface area contributed by atoms with Crippen LogP contribution in [0.1, 0.15) is 54.9 Å². The number of thioether (sulfide) groups is 1. The van der Waals surface area contributed by atoms with Crippen molar-refractivity contribution in [1.29, 1.82) is 0 Å². The van der Waals surface area contributed by atoms with E-state index in [0.717, 1.165) is 37.1 Å². The molecule has 2 aromatic rings. The van der Waals surface area contributed by atoms with Gasteiger partial charge < -0.3 is 10.6 Å². The fourth-order valence-electron chi connectivity index (χ4n) is 3.62. The molecule has 0 saturated heterocycles. The summed E-state index contributed by atoms with van der Waals surface area (Å²) in [4.78, 5) is 27.0. The second-order valence-electron chi connectivity index (χ2n) is 7.82. The van der Waals surface area contributed by atoms with Crippen molar-refractivity contribution in [2.24, 2.45) is 0 Å². The maximum absolute atomic E-state index is 12.9. The molecule has 3 amide bonds. The molecule has 3 rings (SSSR count). The van der Waals surface area contributed by atoms with E-state index in [4.69, 9.17) is 0 Å². The Kier molecular flexibility index (Phi) is 9.28. The highest BCUT2D eigenvalue weighted by molar-refractivity contribution is 7.99. The number of para-hydroxylation sites is 1. The second-order valence-corrected chi connectivity index (χ2v) is 9.05. The van der Waals surface area contributed by atoms with Crippen LogP contribution in [0.4, 0.5) is 16.2 Å². The zero-order valence-electron chi connectivity index (χ0n) is 18.4. The molecule has 166 valence electrons.